The van der Waals surface area contributed by atoms with E-state index in [9.17, 15) is 0 Å². The minimum Gasteiger partial charge on any atom is -0.415 e. The van der Waals surface area contributed by atoms with Crippen LogP contribution in [0.2, 0.25) is 0 Å². The van der Waals surface area contributed by atoms with Gasteiger partial charge in [0.1, 0.15) is 0 Å². The lowest BCUT2D eigenvalue weighted by Gasteiger charge is -2.19. The number of aromatic nitrogens is 2. The summed E-state index contributed by atoms with van der Waals surface area (Å²) < 4.78 is 5.54. The van der Waals surface area contributed by atoms with E-state index < -0.39 is 0 Å². The lowest BCUT2D eigenvalue weighted by atomic mass is 9.87. The van der Waals surface area contributed by atoms with Gasteiger partial charge in [0.05, 0.1) is 5.75 Å². The molecule has 0 aliphatic heterocycles. The Labute approximate surface area is 128 Å². The van der Waals surface area contributed by atoms with Crippen molar-refractivity contribution in [3.63, 3.8) is 0 Å². The van der Waals surface area contributed by atoms with Crippen LogP contribution in [0.25, 0.3) is 0 Å². The number of thioether (sulfide) groups is 2. The molecule has 0 unspecified atom stereocenters. The van der Waals surface area contributed by atoms with Crippen molar-refractivity contribution in [2.24, 2.45) is 0 Å². The Morgan fingerprint density at radius 2 is 1.75 bits per heavy atom. The molecule has 0 fully saturated rings. The molecule has 0 spiro atoms. The van der Waals surface area contributed by atoms with Crippen LogP contribution in [0.15, 0.2) is 33.9 Å². The van der Waals surface area contributed by atoms with E-state index in [-0.39, 0.29) is 5.41 Å². The lowest BCUT2D eigenvalue weighted by Crippen LogP contribution is -2.10. The van der Waals surface area contributed by atoms with Crippen LogP contribution < -0.4 is 0 Å². The van der Waals surface area contributed by atoms with E-state index in [1.165, 1.54) is 11.1 Å². The topological polar surface area (TPSA) is 38.9 Å². The van der Waals surface area contributed by atoms with Gasteiger partial charge >= 0.3 is 0 Å². The Hall–Kier alpha value is -0.940. The third-order valence-corrected chi connectivity index (χ3v) is 4.32. The Bertz CT molecular complexity index is 544. The van der Waals surface area contributed by atoms with Crippen LogP contribution in [0.4, 0.5) is 0 Å². The summed E-state index contributed by atoms with van der Waals surface area (Å²) in [5, 5.41) is 8.69. The standard InChI is InChI=1S/C15H20N2OS2/c1-15(2,3)12-7-5-11(6-8-12)9-20-14-17-16-13(18-14)10-19-4/h5-8H,9-10H2,1-4H3. The lowest BCUT2D eigenvalue weighted by molar-refractivity contribution is 0.426. The van der Waals surface area contributed by atoms with Crippen LogP contribution >= 0.6 is 23.5 Å². The molecular weight excluding hydrogens is 288 g/mol. The van der Waals surface area contributed by atoms with E-state index in [1.807, 2.05) is 6.26 Å². The molecule has 0 amide bonds. The number of nitrogens with zero attached hydrogens (tertiary/aromatic N) is 2. The molecule has 5 heteroatoms. The van der Waals surface area contributed by atoms with Crippen LogP contribution in [-0.2, 0) is 16.9 Å². The van der Waals surface area contributed by atoms with Crippen LogP contribution in [0.1, 0.15) is 37.8 Å². The second kappa shape index (κ2) is 6.68. The first-order chi connectivity index (χ1) is 9.49. The Morgan fingerprint density at radius 3 is 2.35 bits per heavy atom. The number of hydrogen-bond donors (Lipinski definition) is 0. The van der Waals surface area contributed by atoms with Crippen molar-refractivity contribution >= 4 is 23.5 Å². The summed E-state index contributed by atoms with van der Waals surface area (Å²) in [4.78, 5) is 0. The molecule has 3 nitrogen and oxygen atoms in total. The summed E-state index contributed by atoms with van der Waals surface area (Å²) >= 11 is 3.26. The van der Waals surface area contributed by atoms with Gasteiger partial charge in [0.25, 0.3) is 5.22 Å². The Kier molecular flexibility index (Phi) is 5.16. The summed E-state index contributed by atoms with van der Waals surface area (Å²) in [6, 6.07) is 8.74. The Morgan fingerprint density at radius 1 is 1.05 bits per heavy atom. The van der Waals surface area contributed by atoms with E-state index in [4.69, 9.17) is 4.42 Å². The minimum absolute atomic E-state index is 0.199. The highest BCUT2D eigenvalue weighted by Crippen LogP contribution is 2.25. The summed E-state index contributed by atoms with van der Waals surface area (Å²) in [6.07, 6.45) is 2.02. The molecule has 108 valence electrons. The first kappa shape index (κ1) is 15.4. The maximum absolute atomic E-state index is 5.54. The predicted molar refractivity (Wildman–Crippen MR) is 86.2 cm³/mol. The second-order valence-electron chi connectivity index (χ2n) is 5.63. The van der Waals surface area contributed by atoms with Crippen LogP contribution in [0.5, 0.6) is 0 Å². The van der Waals surface area contributed by atoms with Crippen molar-refractivity contribution in [1.82, 2.24) is 10.2 Å². The highest BCUT2D eigenvalue weighted by molar-refractivity contribution is 7.98. The molecule has 0 radical (unpaired) electrons. The van der Waals surface area contributed by atoms with E-state index in [0.29, 0.717) is 11.1 Å². The summed E-state index contributed by atoms with van der Waals surface area (Å²) in [5.74, 6) is 2.32. The molecular formula is C15H20N2OS2. The molecule has 0 aliphatic rings. The van der Waals surface area contributed by atoms with Gasteiger partial charge in [0, 0.05) is 5.75 Å². The molecule has 20 heavy (non-hydrogen) atoms. The van der Waals surface area contributed by atoms with Gasteiger partial charge in [-0.3, -0.25) is 0 Å². The number of hydrogen-bond acceptors (Lipinski definition) is 5. The number of benzene rings is 1. The average molecular weight is 308 g/mol. The van der Waals surface area contributed by atoms with Crippen molar-refractivity contribution in [3.8, 4) is 0 Å². The van der Waals surface area contributed by atoms with Gasteiger partial charge in [0.15, 0.2) is 0 Å². The molecule has 1 aromatic carbocycles. The van der Waals surface area contributed by atoms with Gasteiger partial charge < -0.3 is 4.42 Å². The SMILES string of the molecule is CSCc1nnc(SCc2ccc(C(C)(C)C)cc2)o1. The molecule has 1 heterocycles. The van der Waals surface area contributed by atoms with Crippen LogP contribution in [-0.4, -0.2) is 16.5 Å². The first-order valence-electron chi connectivity index (χ1n) is 6.52. The van der Waals surface area contributed by atoms with Crippen molar-refractivity contribution in [2.75, 3.05) is 6.26 Å². The zero-order chi connectivity index (χ0) is 14.6. The molecule has 0 atom stereocenters. The van der Waals surface area contributed by atoms with Crippen molar-refractivity contribution < 1.29 is 4.42 Å². The molecule has 0 N–H and O–H groups in total. The third kappa shape index (κ3) is 4.28. The van der Waals surface area contributed by atoms with Crippen molar-refractivity contribution in [2.45, 2.75) is 42.9 Å². The van der Waals surface area contributed by atoms with Crippen LogP contribution in [0, 0.1) is 0 Å². The fraction of sp³-hybridized carbons (Fsp3) is 0.467. The summed E-state index contributed by atoms with van der Waals surface area (Å²) in [7, 11) is 0. The smallest absolute Gasteiger partial charge is 0.276 e. The third-order valence-electron chi connectivity index (χ3n) is 2.90. The van der Waals surface area contributed by atoms with Crippen molar-refractivity contribution in [1.29, 1.82) is 0 Å². The van der Waals surface area contributed by atoms with Gasteiger partial charge in [-0.05, 0) is 22.8 Å². The Balaban J connectivity index is 1.93. The molecule has 2 rings (SSSR count). The van der Waals surface area contributed by atoms with Gasteiger partial charge in [-0.15, -0.1) is 10.2 Å². The van der Waals surface area contributed by atoms with E-state index in [1.54, 1.807) is 23.5 Å². The van der Waals surface area contributed by atoms with E-state index >= 15 is 0 Å². The van der Waals surface area contributed by atoms with Gasteiger partial charge in [-0.25, -0.2) is 0 Å². The van der Waals surface area contributed by atoms with E-state index in [2.05, 4.69) is 55.2 Å². The second-order valence-corrected chi connectivity index (χ2v) is 7.42. The highest BCUT2D eigenvalue weighted by atomic mass is 32.2. The average Bonchev–Trinajstić information content (AvgIpc) is 2.84. The van der Waals surface area contributed by atoms with Gasteiger partial charge in [0.2, 0.25) is 5.89 Å². The van der Waals surface area contributed by atoms with Gasteiger partial charge in [-0.1, -0.05) is 56.8 Å². The first-order valence-corrected chi connectivity index (χ1v) is 8.90. The fourth-order valence-electron chi connectivity index (χ4n) is 1.72. The maximum atomic E-state index is 5.54. The maximum Gasteiger partial charge on any atom is 0.276 e. The summed E-state index contributed by atoms with van der Waals surface area (Å²) in [6.45, 7) is 6.67. The normalized spacial score (nSPS) is 11.8. The molecule has 0 saturated carbocycles. The summed E-state index contributed by atoms with van der Waals surface area (Å²) in [5.41, 5.74) is 2.82. The van der Waals surface area contributed by atoms with Gasteiger partial charge in [-0.2, -0.15) is 11.8 Å². The minimum atomic E-state index is 0.199. The zero-order valence-electron chi connectivity index (χ0n) is 12.3. The number of rotatable bonds is 5. The van der Waals surface area contributed by atoms with E-state index in [0.717, 1.165) is 11.5 Å². The zero-order valence-corrected chi connectivity index (χ0v) is 14.0. The molecule has 0 bridgehead atoms. The molecule has 0 saturated heterocycles. The molecule has 2 aromatic rings. The fourth-order valence-corrected chi connectivity index (χ4v) is 2.82. The molecule has 0 aliphatic carbocycles. The highest BCUT2D eigenvalue weighted by Gasteiger charge is 2.13. The molecule has 1 aromatic heterocycles. The quantitative estimate of drug-likeness (QED) is 0.759. The largest absolute Gasteiger partial charge is 0.415 e. The van der Waals surface area contributed by atoms with Crippen LogP contribution in [0.3, 0.4) is 0 Å². The monoisotopic (exact) mass is 308 g/mol. The van der Waals surface area contributed by atoms with Crippen molar-refractivity contribution in [3.05, 3.63) is 41.3 Å². The predicted octanol–water partition coefficient (Wildman–Crippen LogP) is 4.52.